The van der Waals surface area contributed by atoms with Crippen molar-refractivity contribution in [2.75, 3.05) is 13.7 Å². The van der Waals surface area contributed by atoms with Crippen LogP contribution in [-0.4, -0.2) is 64.5 Å². The summed E-state index contributed by atoms with van der Waals surface area (Å²) in [4.78, 5) is 11.6. The molecular weight excluding hydrogens is 376 g/mol. The molecule has 4 N–H and O–H groups in total. The highest BCUT2D eigenvalue weighted by atomic mass is 16.5. The summed E-state index contributed by atoms with van der Waals surface area (Å²) in [5.74, 6) is 5.53. The Bertz CT molecular complexity index is 911. The van der Waals surface area contributed by atoms with Gasteiger partial charge in [0.2, 0.25) is 0 Å². The maximum absolute atomic E-state index is 11.6. The Kier molecular flexibility index (Phi) is 6.64. The molecule has 7 heteroatoms. The Balaban J connectivity index is 1.76. The number of aliphatic hydroxyl groups excluding tert-OH is 4. The second kappa shape index (κ2) is 9.18. The van der Waals surface area contributed by atoms with Crippen molar-refractivity contribution in [1.82, 2.24) is 0 Å². The summed E-state index contributed by atoms with van der Waals surface area (Å²) in [5, 5.41) is 39.3. The summed E-state index contributed by atoms with van der Waals surface area (Å²) in [6.45, 7) is -0.477. The number of ether oxygens (including phenoxy) is 2. The highest BCUT2D eigenvalue weighted by Crippen LogP contribution is 2.32. The van der Waals surface area contributed by atoms with E-state index < -0.39 is 43.1 Å². The number of rotatable bonds is 3. The zero-order valence-electron chi connectivity index (χ0n) is 15.7. The van der Waals surface area contributed by atoms with Crippen molar-refractivity contribution in [2.24, 2.45) is 0 Å². The number of carbonyl (C=O) groups is 1. The molecule has 0 bridgehead atoms. The van der Waals surface area contributed by atoms with Crippen molar-refractivity contribution in [3.63, 3.8) is 0 Å². The van der Waals surface area contributed by atoms with Crippen LogP contribution in [0.1, 0.15) is 33.2 Å². The number of aliphatic hydroxyl groups is 4. The molecule has 1 heterocycles. The van der Waals surface area contributed by atoms with Gasteiger partial charge in [0.25, 0.3) is 0 Å². The molecule has 1 saturated heterocycles. The van der Waals surface area contributed by atoms with Gasteiger partial charge in [-0.3, -0.25) is 0 Å². The quantitative estimate of drug-likeness (QED) is 0.437. The van der Waals surface area contributed by atoms with Crippen LogP contribution in [0.25, 0.3) is 0 Å². The fourth-order valence-corrected chi connectivity index (χ4v) is 3.12. The lowest BCUT2D eigenvalue weighted by molar-refractivity contribution is -0.231. The van der Waals surface area contributed by atoms with Crippen LogP contribution in [0.5, 0.6) is 0 Å². The standard InChI is InChI=1S/C22H22O7/c1-28-22(27)16-4-2-3-14(11-16)6-5-13-7-9-15(10-8-13)21-20(26)19(25)18(24)17(12-23)29-21/h2-4,7-11,17-21,23-26H,12H2,1H3/t17?,18-,19?,20?,21-/m1/s1. The van der Waals surface area contributed by atoms with Gasteiger partial charge in [0.15, 0.2) is 0 Å². The molecule has 0 aromatic heterocycles. The topological polar surface area (TPSA) is 116 Å². The molecular formula is C22H22O7. The number of hydrogen-bond acceptors (Lipinski definition) is 7. The van der Waals surface area contributed by atoms with E-state index in [1.165, 1.54) is 7.11 Å². The third-order valence-electron chi connectivity index (χ3n) is 4.77. The van der Waals surface area contributed by atoms with Gasteiger partial charge in [-0.2, -0.15) is 0 Å². The van der Waals surface area contributed by atoms with Crippen molar-refractivity contribution in [1.29, 1.82) is 0 Å². The van der Waals surface area contributed by atoms with Gasteiger partial charge in [0.1, 0.15) is 30.5 Å². The first-order valence-corrected chi connectivity index (χ1v) is 9.05. The van der Waals surface area contributed by atoms with E-state index in [9.17, 15) is 25.2 Å². The average molecular weight is 398 g/mol. The maximum Gasteiger partial charge on any atom is 0.337 e. The predicted molar refractivity (Wildman–Crippen MR) is 103 cm³/mol. The summed E-state index contributed by atoms with van der Waals surface area (Å²) >= 11 is 0. The summed E-state index contributed by atoms with van der Waals surface area (Å²) in [6.07, 6.45) is -5.99. The molecule has 1 aliphatic rings. The summed E-state index contributed by atoms with van der Waals surface area (Å²) < 4.78 is 10.2. The third kappa shape index (κ3) is 4.65. The fourth-order valence-electron chi connectivity index (χ4n) is 3.12. The number of esters is 1. The minimum Gasteiger partial charge on any atom is -0.465 e. The van der Waals surface area contributed by atoms with Crippen molar-refractivity contribution in [2.45, 2.75) is 30.5 Å². The minimum absolute atomic E-state index is 0.414. The Morgan fingerprint density at radius 3 is 2.34 bits per heavy atom. The van der Waals surface area contributed by atoms with E-state index in [0.717, 1.165) is 0 Å². The zero-order chi connectivity index (χ0) is 21.0. The number of carbonyl (C=O) groups excluding carboxylic acids is 1. The SMILES string of the molecule is COC(=O)c1cccc(C#Cc2ccc([C@H]3OC(CO)[C@@H](O)C(O)C3O)cc2)c1. The van der Waals surface area contributed by atoms with E-state index in [2.05, 4.69) is 11.8 Å². The van der Waals surface area contributed by atoms with Gasteiger partial charge < -0.3 is 29.9 Å². The van der Waals surface area contributed by atoms with Crippen LogP contribution in [0.2, 0.25) is 0 Å². The van der Waals surface area contributed by atoms with Crippen molar-refractivity contribution < 1.29 is 34.7 Å². The molecule has 5 atom stereocenters. The molecule has 1 aliphatic heterocycles. The number of hydrogen-bond donors (Lipinski definition) is 4. The fraction of sp³-hybridized carbons (Fsp3) is 0.318. The molecule has 1 fully saturated rings. The van der Waals surface area contributed by atoms with E-state index in [1.54, 1.807) is 48.5 Å². The lowest BCUT2D eigenvalue weighted by atomic mass is 9.91. The second-order valence-electron chi connectivity index (χ2n) is 6.69. The van der Waals surface area contributed by atoms with E-state index in [0.29, 0.717) is 22.3 Å². The van der Waals surface area contributed by atoms with Gasteiger partial charge in [-0.25, -0.2) is 4.79 Å². The lowest BCUT2D eigenvalue weighted by Crippen LogP contribution is -2.55. The van der Waals surface area contributed by atoms with Crippen LogP contribution >= 0.6 is 0 Å². The first kappa shape index (κ1) is 21.0. The Morgan fingerprint density at radius 1 is 1.00 bits per heavy atom. The van der Waals surface area contributed by atoms with Gasteiger partial charge in [0.05, 0.1) is 19.3 Å². The number of methoxy groups -OCH3 is 1. The summed E-state index contributed by atoms with van der Waals surface area (Å²) in [5.41, 5.74) is 2.35. The van der Waals surface area contributed by atoms with Crippen LogP contribution in [0.15, 0.2) is 48.5 Å². The largest absolute Gasteiger partial charge is 0.465 e. The average Bonchev–Trinajstić information content (AvgIpc) is 2.76. The van der Waals surface area contributed by atoms with Crippen molar-refractivity contribution in [3.8, 4) is 11.8 Å². The van der Waals surface area contributed by atoms with E-state index >= 15 is 0 Å². The summed E-state index contributed by atoms with van der Waals surface area (Å²) in [7, 11) is 1.32. The summed E-state index contributed by atoms with van der Waals surface area (Å²) in [6, 6.07) is 13.6. The molecule has 0 radical (unpaired) electrons. The van der Waals surface area contributed by atoms with Gasteiger partial charge in [-0.15, -0.1) is 0 Å². The van der Waals surface area contributed by atoms with Crippen LogP contribution in [0.4, 0.5) is 0 Å². The van der Waals surface area contributed by atoms with Gasteiger partial charge in [0, 0.05) is 11.1 Å². The number of benzene rings is 2. The first-order chi connectivity index (χ1) is 13.9. The molecule has 2 aromatic rings. The highest BCUT2D eigenvalue weighted by molar-refractivity contribution is 5.89. The second-order valence-corrected chi connectivity index (χ2v) is 6.69. The lowest BCUT2D eigenvalue weighted by Gasteiger charge is -2.40. The van der Waals surface area contributed by atoms with E-state index in [-0.39, 0.29) is 0 Å². The molecule has 0 aliphatic carbocycles. The minimum atomic E-state index is -1.42. The Hall–Kier alpha value is -2.73. The first-order valence-electron chi connectivity index (χ1n) is 9.05. The van der Waals surface area contributed by atoms with Crippen LogP contribution in [-0.2, 0) is 9.47 Å². The Morgan fingerprint density at radius 2 is 1.69 bits per heavy atom. The van der Waals surface area contributed by atoms with E-state index in [1.807, 2.05) is 0 Å². The van der Waals surface area contributed by atoms with Crippen molar-refractivity contribution in [3.05, 3.63) is 70.8 Å². The monoisotopic (exact) mass is 398 g/mol. The van der Waals surface area contributed by atoms with Crippen LogP contribution in [0.3, 0.4) is 0 Å². The molecule has 3 rings (SSSR count). The molecule has 3 unspecified atom stereocenters. The Labute approximate surface area is 168 Å². The molecule has 0 amide bonds. The van der Waals surface area contributed by atoms with Gasteiger partial charge in [-0.1, -0.05) is 30.0 Å². The van der Waals surface area contributed by atoms with E-state index in [4.69, 9.17) is 9.47 Å². The molecule has 29 heavy (non-hydrogen) atoms. The molecule has 7 nitrogen and oxygen atoms in total. The predicted octanol–water partition coefficient (Wildman–Crippen LogP) is 0.388. The van der Waals surface area contributed by atoms with Gasteiger partial charge in [-0.05, 0) is 35.9 Å². The molecule has 2 aromatic carbocycles. The highest BCUT2D eigenvalue weighted by Gasteiger charge is 2.43. The van der Waals surface area contributed by atoms with Crippen molar-refractivity contribution >= 4 is 5.97 Å². The normalized spacial score (nSPS) is 26.3. The van der Waals surface area contributed by atoms with Crippen LogP contribution in [0, 0.1) is 11.8 Å². The smallest absolute Gasteiger partial charge is 0.337 e. The van der Waals surface area contributed by atoms with Crippen LogP contribution < -0.4 is 0 Å². The van der Waals surface area contributed by atoms with Gasteiger partial charge >= 0.3 is 5.97 Å². The molecule has 152 valence electrons. The zero-order valence-corrected chi connectivity index (χ0v) is 15.7. The molecule has 0 spiro atoms. The maximum atomic E-state index is 11.6. The third-order valence-corrected chi connectivity index (χ3v) is 4.77. The molecule has 0 saturated carbocycles.